The largest absolute Gasteiger partial charge is 0.393 e. The molecule has 164 valence electrons. The zero-order valence-corrected chi connectivity index (χ0v) is 20.0. The fourth-order valence-corrected chi connectivity index (χ4v) is 8.02. The Hall–Kier alpha value is -0.560. The second-order valence-corrected chi connectivity index (χ2v) is 12.3. The molecule has 0 spiro atoms. The van der Waals surface area contributed by atoms with Crippen molar-refractivity contribution in [3.63, 3.8) is 0 Å². The van der Waals surface area contributed by atoms with Crippen LogP contribution in [0.4, 0.5) is 0 Å². The van der Waals surface area contributed by atoms with Crippen LogP contribution in [-0.4, -0.2) is 11.2 Å². The van der Waals surface area contributed by atoms with E-state index in [1.54, 1.807) is 11.1 Å². The Morgan fingerprint density at radius 2 is 1.69 bits per heavy atom. The second-order valence-electron chi connectivity index (χ2n) is 12.3. The summed E-state index contributed by atoms with van der Waals surface area (Å²) in [6, 6.07) is 0. The first-order valence-corrected chi connectivity index (χ1v) is 12.8. The summed E-state index contributed by atoms with van der Waals surface area (Å²) in [4.78, 5) is 0. The van der Waals surface area contributed by atoms with Crippen LogP contribution in [0.2, 0.25) is 0 Å². The minimum Gasteiger partial charge on any atom is -0.393 e. The molecule has 1 N–H and O–H groups in total. The summed E-state index contributed by atoms with van der Waals surface area (Å²) in [5.41, 5.74) is 4.17. The lowest BCUT2D eigenvalue weighted by molar-refractivity contribution is 0.0317. The Morgan fingerprint density at radius 3 is 2.41 bits per heavy atom. The van der Waals surface area contributed by atoms with Gasteiger partial charge in [0.05, 0.1) is 6.10 Å². The quantitative estimate of drug-likeness (QED) is 0.506. The minimum absolute atomic E-state index is 0.108. The van der Waals surface area contributed by atoms with Gasteiger partial charge in [0.2, 0.25) is 0 Å². The van der Waals surface area contributed by atoms with Crippen molar-refractivity contribution in [3.8, 4) is 0 Å². The smallest absolute Gasteiger partial charge is 0.0578 e. The van der Waals surface area contributed by atoms with Crippen LogP contribution in [0.15, 0.2) is 23.3 Å². The monoisotopic (exact) mass is 398 g/mol. The Kier molecular flexibility index (Phi) is 5.86. The molecule has 0 aromatic heterocycles. The van der Waals surface area contributed by atoms with Crippen LogP contribution >= 0.6 is 0 Å². The highest BCUT2D eigenvalue weighted by molar-refractivity contribution is 5.38. The van der Waals surface area contributed by atoms with Crippen LogP contribution in [0.25, 0.3) is 0 Å². The van der Waals surface area contributed by atoms with Crippen molar-refractivity contribution in [2.24, 2.45) is 46.3 Å². The molecule has 4 rings (SSSR count). The van der Waals surface area contributed by atoms with Crippen LogP contribution in [0.1, 0.15) is 99.3 Å². The molecule has 0 radical (unpaired) electrons. The number of fused-ring (bicyclic) bond motifs is 5. The van der Waals surface area contributed by atoms with E-state index in [2.05, 4.69) is 53.7 Å². The van der Waals surface area contributed by atoms with Crippen LogP contribution in [-0.2, 0) is 0 Å². The zero-order valence-electron chi connectivity index (χ0n) is 20.0. The van der Waals surface area contributed by atoms with Crippen LogP contribution < -0.4 is 0 Å². The molecule has 4 unspecified atom stereocenters. The van der Waals surface area contributed by atoms with E-state index in [4.69, 9.17) is 0 Å². The van der Waals surface area contributed by atoms with Gasteiger partial charge in [-0.2, -0.15) is 0 Å². The molecule has 0 aromatic rings. The maximum Gasteiger partial charge on any atom is 0.0578 e. The van der Waals surface area contributed by atoms with Gasteiger partial charge in [-0.25, -0.2) is 0 Å². The van der Waals surface area contributed by atoms with Gasteiger partial charge in [-0.15, -0.1) is 0 Å². The summed E-state index contributed by atoms with van der Waals surface area (Å²) in [6.45, 7) is 14.9. The molecule has 29 heavy (non-hydrogen) atoms. The van der Waals surface area contributed by atoms with Gasteiger partial charge in [-0.05, 0) is 91.3 Å². The predicted octanol–water partition coefficient (Wildman–Crippen LogP) is 7.55. The molecular formula is C28H46O. The molecule has 0 bridgehead atoms. The van der Waals surface area contributed by atoms with Crippen LogP contribution in [0.5, 0.6) is 0 Å². The molecule has 0 heterocycles. The normalized spacial score (nSPS) is 43.7. The molecule has 1 heteroatoms. The maximum atomic E-state index is 10.2. The predicted molar refractivity (Wildman–Crippen MR) is 124 cm³/mol. The van der Waals surface area contributed by atoms with Gasteiger partial charge in [-0.3, -0.25) is 0 Å². The molecule has 4 aliphatic carbocycles. The van der Waals surface area contributed by atoms with E-state index >= 15 is 0 Å². The summed E-state index contributed by atoms with van der Waals surface area (Å²) < 4.78 is 0. The zero-order chi connectivity index (χ0) is 21.0. The van der Waals surface area contributed by atoms with E-state index in [1.165, 1.54) is 44.9 Å². The van der Waals surface area contributed by atoms with Crippen molar-refractivity contribution in [1.29, 1.82) is 0 Å². The number of aliphatic hydroxyl groups excluding tert-OH is 1. The van der Waals surface area contributed by atoms with Gasteiger partial charge in [0.1, 0.15) is 0 Å². The summed E-state index contributed by atoms with van der Waals surface area (Å²) >= 11 is 0. The molecule has 0 aromatic carbocycles. The van der Waals surface area contributed by atoms with Crippen molar-refractivity contribution in [2.75, 3.05) is 0 Å². The summed E-state index contributed by atoms with van der Waals surface area (Å²) in [7, 11) is 0. The average Bonchev–Trinajstić information content (AvgIpc) is 3.03. The van der Waals surface area contributed by atoms with Gasteiger partial charge in [0.25, 0.3) is 0 Å². The Morgan fingerprint density at radius 1 is 0.931 bits per heavy atom. The van der Waals surface area contributed by atoms with E-state index in [0.29, 0.717) is 10.8 Å². The molecular weight excluding hydrogens is 352 g/mol. The standard InChI is InChI=1S/C28H46O/c1-18(2)19(3)7-8-20(4)24-11-12-25-23-10-9-21-17-22(29)13-15-27(21,5)26(23)14-16-28(24,25)6/h9-10,18-20,22,24-26,29H,7-8,11-17H2,1-6H3/t19-,20+,22-,24+,25?,26?,27?,28?/m0/s1. The van der Waals surface area contributed by atoms with Crippen molar-refractivity contribution in [1.82, 2.24) is 0 Å². The number of hydrogen-bond donors (Lipinski definition) is 1. The first kappa shape index (κ1) is 21.7. The van der Waals surface area contributed by atoms with E-state index in [-0.39, 0.29) is 6.10 Å². The van der Waals surface area contributed by atoms with Gasteiger partial charge >= 0.3 is 0 Å². The molecule has 3 fully saturated rings. The number of rotatable bonds is 5. The average molecular weight is 399 g/mol. The summed E-state index contributed by atoms with van der Waals surface area (Å²) in [5, 5.41) is 10.2. The van der Waals surface area contributed by atoms with Crippen molar-refractivity contribution >= 4 is 0 Å². The number of hydrogen-bond acceptors (Lipinski definition) is 1. The van der Waals surface area contributed by atoms with Gasteiger partial charge in [0.15, 0.2) is 0 Å². The van der Waals surface area contributed by atoms with Gasteiger partial charge in [-0.1, -0.05) is 77.7 Å². The Balaban J connectivity index is 1.52. The molecule has 3 saturated carbocycles. The summed E-state index contributed by atoms with van der Waals surface area (Å²) in [5.74, 6) is 4.97. The molecule has 8 atom stereocenters. The first-order chi connectivity index (χ1) is 13.7. The highest BCUT2D eigenvalue weighted by atomic mass is 16.3. The van der Waals surface area contributed by atoms with Crippen LogP contribution in [0.3, 0.4) is 0 Å². The highest BCUT2D eigenvalue weighted by Gasteiger charge is 2.56. The van der Waals surface area contributed by atoms with E-state index in [0.717, 1.165) is 48.3 Å². The molecule has 0 aliphatic heterocycles. The lowest BCUT2D eigenvalue weighted by atomic mass is 9.50. The van der Waals surface area contributed by atoms with E-state index in [1.807, 2.05) is 0 Å². The maximum absolute atomic E-state index is 10.2. The van der Waals surface area contributed by atoms with E-state index in [9.17, 15) is 5.11 Å². The summed E-state index contributed by atoms with van der Waals surface area (Å²) in [6.07, 6.45) is 16.4. The Bertz CT molecular complexity index is 672. The number of aliphatic hydroxyl groups is 1. The lowest BCUT2D eigenvalue weighted by Crippen LogP contribution is -2.46. The van der Waals surface area contributed by atoms with Crippen molar-refractivity contribution in [3.05, 3.63) is 23.3 Å². The van der Waals surface area contributed by atoms with Crippen molar-refractivity contribution in [2.45, 2.75) is 105 Å². The Labute approximate surface area is 180 Å². The number of allylic oxidation sites excluding steroid dienone is 3. The third-order valence-corrected chi connectivity index (χ3v) is 10.5. The topological polar surface area (TPSA) is 20.2 Å². The fraction of sp³-hybridized carbons (Fsp3) is 0.857. The highest BCUT2D eigenvalue weighted by Crippen LogP contribution is 2.66. The third-order valence-electron chi connectivity index (χ3n) is 10.5. The third kappa shape index (κ3) is 3.58. The fourth-order valence-electron chi connectivity index (χ4n) is 8.02. The first-order valence-electron chi connectivity index (χ1n) is 12.8. The SMILES string of the molecule is CC(C)[C@@H](C)CC[C@@H](C)[C@H]1CCC2C3=CC=C4C[C@@H](O)CCC4(C)C3CCC21C. The lowest BCUT2D eigenvalue weighted by Gasteiger charge is -2.55. The minimum atomic E-state index is -0.108. The molecule has 1 nitrogen and oxygen atoms in total. The van der Waals surface area contributed by atoms with E-state index < -0.39 is 0 Å². The molecule has 0 saturated heterocycles. The van der Waals surface area contributed by atoms with Gasteiger partial charge < -0.3 is 5.11 Å². The van der Waals surface area contributed by atoms with Gasteiger partial charge in [0, 0.05) is 0 Å². The van der Waals surface area contributed by atoms with Crippen LogP contribution in [0, 0.1) is 46.3 Å². The second kappa shape index (κ2) is 7.85. The van der Waals surface area contributed by atoms with Crippen molar-refractivity contribution < 1.29 is 5.11 Å². The molecule has 0 amide bonds. The molecule has 4 aliphatic rings.